The van der Waals surface area contributed by atoms with Gasteiger partial charge in [-0.2, -0.15) is 0 Å². The van der Waals surface area contributed by atoms with Gasteiger partial charge in [0, 0.05) is 20.0 Å². The third-order valence-corrected chi connectivity index (χ3v) is 5.58. The Balaban J connectivity index is 2.26. The normalized spacial score (nSPS) is 18.7. The van der Waals surface area contributed by atoms with E-state index in [1.165, 1.54) is 4.31 Å². The van der Waals surface area contributed by atoms with Crippen molar-refractivity contribution in [2.75, 3.05) is 20.1 Å². The van der Waals surface area contributed by atoms with Crippen molar-refractivity contribution in [3.05, 3.63) is 23.8 Å². The summed E-state index contributed by atoms with van der Waals surface area (Å²) in [5, 5.41) is 0. The zero-order chi connectivity index (χ0) is 15.8. The molecule has 5 nitrogen and oxygen atoms in total. The molecule has 2 rings (SSSR count). The van der Waals surface area contributed by atoms with Gasteiger partial charge in [0.15, 0.2) is 0 Å². The lowest BCUT2D eigenvalue weighted by Gasteiger charge is -2.28. The van der Waals surface area contributed by atoms with Crippen molar-refractivity contribution >= 4 is 10.0 Å². The van der Waals surface area contributed by atoms with Crippen LogP contribution in [-0.4, -0.2) is 39.0 Å². The highest BCUT2D eigenvalue weighted by atomic mass is 32.2. The Morgan fingerprint density at radius 2 is 2.10 bits per heavy atom. The van der Waals surface area contributed by atoms with E-state index in [-0.39, 0.29) is 11.5 Å². The first-order chi connectivity index (χ1) is 9.65. The molecule has 1 aromatic rings. The molecule has 0 saturated heterocycles. The minimum atomic E-state index is -3.50. The fourth-order valence-corrected chi connectivity index (χ4v) is 3.90. The maximum atomic E-state index is 12.7. The maximum Gasteiger partial charge on any atom is 0.242 e. The molecule has 0 aromatic heterocycles. The van der Waals surface area contributed by atoms with E-state index in [0.717, 1.165) is 17.7 Å². The van der Waals surface area contributed by atoms with Crippen molar-refractivity contribution in [1.29, 1.82) is 0 Å². The largest absolute Gasteiger partial charge is 0.490 e. The predicted octanol–water partition coefficient (Wildman–Crippen LogP) is 1.62. The molecule has 1 atom stereocenters. The molecule has 1 aromatic carbocycles. The van der Waals surface area contributed by atoms with Gasteiger partial charge in [-0.25, -0.2) is 12.7 Å². The number of nitrogens with zero attached hydrogens (tertiary/aromatic N) is 1. The van der Waals surface area contributed by atoms with Crippen molar-refractivity contribution in [2.45, 2.75) is 38.2 Å². The van der Waals surface area contributed by atoms with Crippen molar-refractivity contribution in [3.63, 3.8) is 0 Å². The van der Waals surface area contributed by atoms with Gasteiger partial charge in [0.25, 0.3) is 0 Å². The second-order valence-corrected chi connectivity index (χ2v) is 8.58. The maximum absolute atomic E-state index is 12.7. The molecule has 0 bridgehead atoms. The summed E-state index contributed by atoms with van der Waals surface area (Å²) in [4.78, 5) is 0.314. The molecule has 118 valence electrons. The summed E-state index contributed by atoms with van der Waals surface area (Å²) in [6.07, 6.45) is 0.850. The van der Waals surface area contributed by atoms with Gasteiger partial charge in [-0.15, -0.1) is 0 Å². The molecule has 6 heteroatoms. The lowest BCUT2D eigenvalue weighted by Crippen LogP contribution is -2.39. The summed E-state index contributed by atoms with van der Waals surface area (Å²) in [5.74, 6) is 0.784. The molecule has 0 spiro atoms. The molecule has 1 heterocycles. The van der Waals surface area contributed by atoms with Crippen molar-refractivity contribution in [1.82, 2.24) is 4.31 Å². The number of sulfonamides is 1. The lowest BCUT2D eigenvalue weighted by molar-refractivity contribution is 0.254. The van der Waals surface area contributed by atoms with Gasteiger partial charge in [-0.05, 0) is 42.6 Å². The topological polar surface area (TPSA) is 72.6 Å². The smallest absolute Gasteiger partial charge is 0.242 e. The van der Waals surface area contributed by atoms with Crippen molar-refractivity contribution in [3.8, 4) is 5.75 Å². The van der Waals surface area contributed by atoms with Gasteiger partial charge in [-0.1, -0.05) is 13.8 Å². The molecule has 1 aliphatic heterocycles. The van der Waals surface area contributed by atoms with E-state index in [1.54, 1.807) is 25.2 Å². The van der Waals surface area contributed by atoms with Gasteiger partial charge in [-0.3, -0.25) is 0 Å². The number of fused-ring (bicyclic) bond motifs is 1. The molecule has 1 unspecified atom stereocenters. The fourth-order valence-electron chi connectivity index (χ4n) is 2.49. The molecule has 0 aliphatic carbocycles. The van der Waals surface area contributed by atoms with Crippen LogP contribution in [0.5, 0.6) is 5.75 Å². The van der Waals surface area contributed by atoms with Crippen LogP contribution in [0.1, 0.15) is 26.3 Å². The standard InChI is InChI=1S/C15H24N2O3S/c1-11-7-12-8-13(5-6-14(12)20-11)21(18,19)17(4)10-15(2,3)9-16/h5-6,8,11H,7,9-10,16H2,1-4H3. The van der Waals surface area contributed by atoms with E-state index in [2.05, 4.69) is 0 Å². The van der Waals surface area contributed by atoms with Crippen LogP contribution in [0.25, 0.3) is 0 Å². The van der Waals surface area contributed by atoms with Crippen molar-refractivity contribution < 1.29 is 13.2 Å². The van der Waals surface area contributed by atoms with Gasteiger partial charge in [0.1, 0.15) is 11.9 Å². The van der Waals surface area contributed by atoms with E-state index in [4.69, 9.17) is 10.5 Å². The molecule has 21 heavy (non-hydrogen) atoms. The summed E-state index contributed by atoms with van der Waals surface area (Å²) in [6.45, 7) is 6.71. The summed E-state index contributed by atoms with van der Waals surface area (Å²) < 4.78 is 32.3. The average molecular weight is 312 g/mol. The summed E-state index contributed by atoms with van der Waals surface area (Å²) >= 11 is 0. The summed E-state index contributed by atoms with van der Waals surface area (Å²) in [6, 6.07) is 5.08. The summed E-state index contributed by atoms with van der Waals surface area (Å²) in [7, 11) is -1.90. The van der Waals surface area contributed by atoms with Crippen LogP contribution in [0.3, 0.4) is 0 Å². The van der Waals surface area contributed by atoms with Crippen LogP contribution in [0, 0.1) is 5.41 Å². The number of rotatable bonds is 5. The van der Waals surface area contributed by atoms with Gasteiger partial charge in [0.05, 0.1) is 4.90 Å². The van der Waals surface area contributed by atoms with E-state index < -0.39 is 10.0 Å². The van der Waals surface area contributed by atoms with Crippen LogP contribution in [0.2, 0.25) is 0 Å². The highest BCUT2D eigenvalue weighted by Crippen LogP contribution is 2.31. The number of nitrogens with two attached hydrogens (primary N) is 1. The fraction of sp³-hybridized carbons (Fsp3) is 0.600. The molecular weight excluding hydrogens is 288 g/mol. The second-order valence-electron chi connectivity index (χ2n) is 6.53. The molecule has 2 N–H and O–H groups in total. The van der Waals surface area contributed by atoms with Crippen LogP contribution in [0.4, 0.5) is 0 Å². The van der Waals surface area contributed by atoms with E-state index >= 15 is 0 Å². The molecule has 0 fully saturated rings. The van der Waals surface area contributed by atoms with Crippen LogP contribution >= 0.6 is 0 Å². The van der Waals surface area contributed by atoms with Gasteiger partial charge >= 0.3 is 0 Å². The molecule has 0 amide bonds. The van der Waals surface area contributed by atoms with E-state index in [0.29, 0.717) is 18.0 Å². The quantitative estimate of drug-likeness (QED) is 0.896. The number of ether oxygens (including phenoxy) is 1. The predicted molar refractivity (Wildman–Crippen MR) is 82.9 cm³/mol. The Labute approximate surface area is 127 Å². The second kappa shape index (κ2) is 5.59. The molecule has 0 radical (unpaired) electrons. The Bertz CT molecular complexity index is 626. The zero-order valence-corrected chi connectivity index (χ0v) is 13.9. The van der Waals surface area contributed by atoms with E-state index in [9.17, 15) is 8.42 Å². The highest BCUT2D eigenvalue weighted by Gasteiger charge is 2.29. The number of hydrogen-bond donors (Lipinski definition) is 1. The average Bonchev–Trinajstić information content (AvgIpc) is 2.77. The van der Waals surface area contributed by atoms with Crippen LogP contribution < -0.4 is 10.5 Å². The minimum Gasteiger partial charge on any atom is -0.490 e. The Hall–Kier alpha value is -1.11. The Morgan fingerprint density at radius 3 is 2.71 bits per heavy atom. The van der Waals surface area contributed by atoms with Gasteiger partial charge in [0.2, 0.25) is 10.0 Å². The van der Waals surface area contributed by atoms with Gasteiger partial charge < -0.3 is 10.5 Å². The first-order valence-electron chi connectivity index (χ1n) is 7.12. The summed E-state index contributed by atoms with van der Waals surface area (Å²) in [5.41, 5.74) is 6.39. The van der Waals surface area contributed by atoms with Crippen LogP contribution in [-0.2, 0) is 16.4 Å². The Kier molecular flexibility index (Phi) is 4.33. The zero-order valence-electron chi connectivity index (χ0n) is 13.1. The molecular formula is C15H24N2O3S. The Morgan fingerprint density at radius 1 is 1.43 bits per heavy atom. The first-order valence-corrected chi connectivity index (χ1v) is 8.56. The van der Waals surface area contributed by atoms with Crippen molar-refractivity contribution in [2.24, 2.45) is 11.1 Å². The monoisotopic (exact) mass is 312 g/mol. The van der Waals surface area contributed by atoms with Crippen LogP contribution in [0.15, 0.2) is 23.1 Å². The minimum absolute atomic E-state index is 0.104. The van der Waals surface area contributed by atoms with E-state index in [1.807, 2.05) is 20.8 Å². The third kappa shape index (κ3) is 3.39. The SMILES string of the molecule is CC1Cc2cc(S(=O)(=O)N(C)CC(C)(C)CN)ccc2O1. The lowest BCUT2D eigenvalue weighted by atomic mass is 9.94. The number of benzene rings is 1. The number of hydrogen-bond acceptors (Lipinski definition) is 4. The molecule has 0 saturated carbocycles. The molecule has 1 aliphatic rings. The highest BCUT2D eigenvalue weighted by molar-refractivity contribution is 7.89. The third-order valence-electron chi connectivity index (χ3n) is 3.78. The first kappa shape index (κ1) is 16.3.